The molecule has 0 radical (unpaired) electrons. The molecule has 0 saturated carbocycles. The van der Waals surface area contributed by atoms with E-state index >= 15 is 0 Å². The number of aliphatic carboxylic acids is 1. The van der Waals surface area contributed by atoms with Gasteiger partial charge in [-0.25, -0.2) is 0 Å². The van der Waals surface area contributed by atoms with Crippen LogP contribution in [0, 0.1) is 0 Å². The van der Waals surface area contributed by atoms with Crippen LogP contribution in [0.2, 0.25) is 0 Å². The minimum absolute atomic E-state index is 0.0673. The Morgan fingerprint density at radius 2 is 1.94 bits per heavy atom. The zero-order valence-corrected chi connectivity index (χ0v) is 10.8. The molecule has 3 heteroatoms. The molecule has 0 fully saturated rings. The lowest BCUT2D eigenvalue weighted by Crippen LogP contribution is -2.28. The SMILES string of the molecule is CCCc1ccc(C(C)N(C)CC(=O)O)cc1. The van der Waals surface area contributed by atoms with Crippen LogP contribution in [0.4, 0.5) is 0 Å². The lowest BCUT2D eigenvalue weighted by molar-refractivity contribution is -0.138. The Kier molecular flexibility index (Phi) is 5.16. The second-order valence-electron chi connectivity index (χ2n) is 4.48. The van der Waals surface area contributed by atoms with Gasteiger partial charge in [-0.3, -0.25) is 9.69 Å². The highest BCUT2D eigenvalue weighted by Gasteiger charge is 2.13. The largest absolute Gasteiger partial charge is 0.480 e. The number of likely N-dealkylation sites (N-methyl/N-ethyl adjacent to an activating group) is 1. The lowest BCUT2D eigenvalue weighted by atomic mass is 10.0. The van der Waals surface area contributed by atoms with E-state index in [4.69, 9.17) is 5.11 Å². The number of nitrogens with zero attached hydrogens (tertiary/aromatic N) is 1. The van der Waals surface area contributed by atoms with E-state index in [0.29, 0.717) is 0 Å². The molecule has 1 atom stereocenters. The Morgan fingerprint density at radius 1 is 1.35 bits per heavy atom. The molecule has 1 aromatic carbocycles. The van der Waals surface area contributed by atoms with Crippen LogP contribution in [0.25, 0.3) is 0 Å². The number of hydrogen-bond acceptors (Lipinski definition) is 2. The molecule has 0 saturated heterocycles. The summed E-state index contributed by atoms with van der Waals surface area (Å²) >= 11 is 0. The van der Waals surface area contributed by atoms with Gasteiger partial charge >= 0.3 is 5.97 Å². The Bertz CT molecular complexity index is 359. The van der Waals surface area contributed by atoms with E-state index in [2.05, 4.69) is 31.2 Å². The zero-order valence-electron chi connectivity index (χ0n) is 10.8. The van der Waals surface area contributed by atoms with Crippen LogP contribution in [-0.2, 0) is 11.2 Å². The molecule has 17 heavy (non-hydrogen) atoms. The molecule has 1 unspecified atom stereocenters. The Morgan fingerprint density at radius 3 is 2.41 bits per heavy atom. The van der Waals surface area contributed by atoms with Crippen LogP contribution in [0.1, 0.15) is 37.4 Å². The van der Waals surface area contributed by atoms with Crippen molar-refractivity contribution in [3.8, 4) is 0 Å². The van der Waals surface area contributed by atoms with E-state index in [0.717, 1.165) is 18.4 Å². The van der Waals surface area contributed by atoms with Crippen molar-refractivity contribution in [2.24, 2.45) is 0 Å². The Balaban J connectivity index is 2.68. The van der Waals surface area contributed by atoms with Gasteiger partial charge in [0.1, 0.15) is 0 Å². The monoisotopic (exact) mass is 235 g/mol. The molecule has 94 valence electrons. The first kappa shape index (κ1) is 13.7. The summed E-state index contributed by atoms with van der Waals surface area (Å²) in [5.41, 5.74) is 2.50. The van der Waals surface area contributed by atoms with Crippen LogP contribution < -0.4 is 0 Å². The van der Waals surface area contributed by atoms with Crippen molar-refractivity contribution in [2.75, 3.05) is 13.6 Å². The van der Waals surface area contributed by atoms with Crippen LogP contribution in [-0.4, -0.2) is 29.6 Å². The summed E-state index contributed by atoms with van der Waals surface area (Å²) in [6.45, 7) is 4.26. The first-order valence-electron chi connectivity index (χ1n) is 6.05. The van der Waals surface area contributed by atoms with Crippen LogP contribution >= 0.6 is 0 Å². The molecule has 0 amide bonds. The first-order valence-corrected chi connectivity index (χ1v) is 6.05. The van der Waals surface area contributed by atoms with Crippen LogP contribution in [0.3, 0.4) is 0 Å². The summed E-state index contributed by atoms with van der Waals surface area (Å²) in [6, 6.07) is 8.57. The van der Waals surface area contributed by atoms with E-state index in [1.807, 2.05) is 18.9 Å². The highest BCUT2D eigenvalue weighted by atomic mass is 16.4. The summed E-state index contributed by atoms with van der Waals surface area (Å²) in [7, 11) is 1.83. The van der Waals surface area contributed by atoms with Gasteiger partial charge in [-0.05, 0) is 31.5 Å². The van der Waals surface area contributed by atoms with Crippen molar-refractivity contribution in [3.63, 3.8) is 0 Å². The molecule has 0 spiro atoms. The molecular weight excluding hydrogens is 214 g/mol. The second-order valence-corrected chi connectivity index (χ2v) is 4.48. The van der Waals surface area contributed by atoms with E-state index in [-0.39, 0.29) is 12.6 Å². The van der Waals surface area contributed by atoms with Crippen molar-refractivity contribution < 1.29 is 9.90 Å². The minimum atomic E-state index is -0.790. The summed E-state index contributed by atoms with van der Waals surface area (Å²) < 4.78 is 0. The normalized spacial score (nSPS) is 12.7. The van der Waals surface area contributed by atoms with Crippen molar-refractivity contribution in [2.45, 2.75) is 32.7 Å². The predicted molar refractivity (Wildman–Crippen MR) is 69.1 cm³/mol. The van der Waals surface area contributed by atoms with E-state index < -0.39 is 5.97 Å². The molecule has 3 nitrogen and oxygen atoms in total. The van der Waals surface area contributed by atoms with Crippen molar-refractivity contribution in [3.05, 3.63) is 35.4 Å². The van der Waals surface area contributed by atoms with E-state index in [1.165, 1.54) is 5.56 Å². The predicted octanol–water partition coefficient (Wildman–Crippen LogP) is 2.72. The van der Waals surface area contributed by atoms with E-state index in [1.54, 1.807) is 0 Å². The van der Waals surface area contributed by atoms with Crippen molar-refractivity contribution in [1.29, 1.82) is 0 Å². The fourth-order valence-corrected chi connectivity index (χ4v) is 1.86. The Labute approximate surface area is 103 Å². The summed E-state index contributed by atoms with van der Waals surface area (Å²) in [5, 5.41) is 8.75. The van der Waals surface area contributed by atoms with Gasteiger partial charge < -0.3 is 5.11 Å². The van der Waals surface area contributed by atoms with Gasteiger partial charge in [0.2, 0.25) is 0 Å². The first-order chi connectivity index (χ1) is 8.04. The van der Waals surface area contributed by atoms with Crippen molar-refractivity contribution in [1.82, 2.24) is 4.90 Å². The molecule has 1 rings (SSSR count). The number of carboxylic acid groups (broad SMARTS) is 1. The van der Waals surface area contributed by atoms with Crippen molar-refractivity contribution >= 4 is 5.97 Å². The maximum absolute atomic E-state index is 10.6. The summed E-state index contributed by atoms with van der Waals surface area (Å²) in [6.07, 6.45) is 2.24. The molecule has 0 aliphatic carbocycles. The fraction of sp³-hybridized carbons (Fsp3) is 0.500. The number of rotatable bonds is 6. The van der Waals surface area contributed by atoms with Gasteiger partial charge in [0.25, 0.3) is 0 Å². The van der Waals surface area contributed by atoms with Gasteiger partial charge in [-0.1, -0.05) is 37.6 Å². The lowest BCUT2D eigenvalue weighted by Gasteiger charge is -2.23. The van der Waals surface area contributed by atoms with Gasteiger partial charge in [0.05, 0.1) is 6.54 Å². The zero-order chi connectivity index (χ0) is 12.8. The third-order valence-electron chi connectivity index (χ3n) is 3.05. The summed E-state index contributed by atoms with van der Waals surface area (Å²) in [4.78, 5) is 12.5. The highest BCUT2D eigenvalue weighted by Crippen LogP contribution is 2.19. The molecule has 0 heterocycles. The molecule has 0 bridgehead atoms. The fourth-order valence-electron chi connectivity index (χ4n) is 1.86. The molecule has 1 N–H and O–H groups in total. The number of hydrogen-bond donors (Lipinski definition) is 1. The van der Waals surface area contributed by atoms with Gasteiger partial charge in [0.15, 0.2) is 0 Å². The van der Waals surface area contributed by atoms with Crippen LogP contribution in [0.5, 0.6) is 0 Å². The highest BCUT2D eigenvalue weighted by molar-refractivity contribution is 5.69. The number of carboxylic acids is 1. The maximum atomic E-state index is 10.6. The minimum Gasteiger partial charge on any atom is -0.480 e. The second kappa shape index (κ2) is 6.40. The molecule has 0 aromatic heterocycles. The number of carbonyl (C=O) groups is 1. The van der Waals surface area contributed by atoms with E-state index in [9.17, 15) is 4.79 Å². The Hall–Kier alpha value is -1.35. The molecule has 0 aliphatic heterocycles. The summed E-state index contributed by atoms with van der Waals surface area (Å²) in [5.74, 6) is -0.790. The molecule has 0 aliphatic rings. The third-order valence-corrected chi connectivity index (χ3v) is 3.05. The smallest absolute Gasteiger partial charge is 0.317 e. The topological polar surface area (TPSA) is 40.5 Å². The molecular formula is C14H21NO2. The standard InChI is InChI=1S/C14H21NO2/c1-4-5-12-6-8-13(9-7-12)11(2)15(3)10-14(16)17/h6-9,11H,4-5,10H2,1-3H3,(H,16,17). The maximum Gasteiger partial charge on any atom is 0.317 e. The average Bonchev–Trinajstić information content (AvgIpc) is 2.28. The molecule has 1 aromatic rings. The van der Waals surface area contributed by atoms with Gasteiger partial charge in [0, 0.05) is 6.04 Å². The number of aryl methyl sites for hydroxylation is 1. The van der Waals surface area contributed by atoms with Gasteiger partial charge in [-0.2, -0.15) is 0 Å². The number of benzene rings is 1. The average molecular weight is 235 g/mol. The quantitative estimate of drug-likeness (QED) is 0.824. The third kappa shape index (κ3) is 4.19. The van der Waals surface area contributed by atoms with Crippen LogP contribution in [0.15, 0.2) is 24.3 Å². The van der Waals surface area contributed by atoms with Gasteiger partial charge in [-0.15, -0.1) is 0 Å².